The molecule has 0 atom stereocenters. The molecule has 2 N–H and O–H groups in total. The molecular formula is C15H19N3O2S. The van der Waals surface area contributed by atoms with Crippen molar-refractivity contribution in [2.75, 3.05) is 12.3 Å². The van der Waals surface area contributed by atoms with Crippen LogP contribution in [0.25, 0.3) is 0 Å². The lowest BCUT2D eigenvalue weighted by Crippen LogP contribution is -2.31. The summed E-state index contributed by atoms with van der Waals surface area (Å²) in [6.07, 6.45) is 1.65. The molecule has 0 bridgehead atoms. The summed E-state index contributed by atoms with van der Waals surface area (Å²) in [6, 6.07) is 10.4. The largest absolute Gasteiger partial charge is 0.398 e. The molecule has 0 aliphatic carbocycles. The predicted octanol–water partition coefficient (Wildman–Crippen LogP) is 2.18. The Morgan fingerprint density at radius 3 is 2.57 bits per heavy atom. The number of aryl methyl sites for hydroxylation is 1. The Kier molecular flexibility index (Phi) is 4.59. The number of anilines is 1. The van der Waals surface area contributed by atoms with Crippen molar-refractivity contribution in [2.24, 2.45) is 0 Å². The summed E-state index contributed by atoms with van der Waals surface area (Å²) in [4.78, 5) is 4.32. The molecule has 6 heteroatoms. The van der Waals surface area contributed by atoms with Crippen LogP contribution in [-0.2, 0) is 16.6 Å². The highest BCUT2D eigenvalue weighted by atomic mass is 32.2. The van der Waals surface area contributed by atoms with Gasteiger partial charge in [0.1, 0.15) is 4.90 Å². The number of benzene rings is 1. The number of pyridine rings is 1. The first-order valence-corrected chi connectivity index (χ1v) is 8.15. The Balaban J connectivity index is 2.36. The lowest BCUT2D eigenvalue weighted by Gasteiger charge is -2.21. The molecule has 0 radical (unpaired) electrons. The molecule has 0 spiro atoms. The van der Waals surface area contributed by atoms with E-state index in [9.17, 15) is 8.42 Å². The van der Waals surface area contributed by atoms with E-state index in [1.165, 1.54) is 4.31 Å². The summed E-state index contributed by atoms with van der Waals surface area (Å²) in [5.41, 5.74) is 7.78. The summed E-state index contributed by atoms with van der Waals surface area (Å²) in [7, 11) is -3.63. The topological polar surface area (TPSA) is 76.3 Å². The van der Waals surface area contributed by atoms with Crippen molar-refractivity contribution in [1.29, 1.82) is 0 Å². The highest BCUT2D eigenvalue weighted by molar-refractivity contribution is 7.89. The number of hydrogen-bond donors (Lipinski definition) is 1. The van der Waals surface area contributed by atoms with Gasteiger partial charge in [-0.3, -0.25) is 4.98 Å². The molecule has 0 saturated heterocycles. The van der Waals surface area contributed by atoms with E-state index < -0.39 is 10.0 Å². The number of nitrogens with zero attached hydrogens (tertiary/aromatic N) is 2. The fraction of sp³-hybridized carbons (Fsp3) is 0.267. The van der Waals surface area contributed by atoms with E-state index >= 15 is 0 Å². The fourth-order valence-electron chi connectivity index (χ4n) is 2.08. The lowest BCUT2D eigenvalue weighted by atomic mass is 10.2. The van der Waals surface area contributed by atoms with Gasteiger partial charge in [0.25, 0.3) is 0 Å². The van der Waals surface area contributed by atoms with E-state index in [1.807, 2.05) is 13.0 Å². The van der Waals surface area contributed by atoms with Crippen LogP contribution in [-0.4, -0.2) is 24.3 Å². The number of aromatic nitrogens is 1. The van der Waals surface area contributed by atoms with Gasteiger partial charge in [0, 0.05) is 12.7 Å². The van der Waals surface area contributed by atoms with E-state index in [2.05, 4.69) is 4.98 Å². The molecular weight excluding hydrogens is 286 g/mol. The van der Waals surface area contributed by atoms with E-state index in [-0.39, 0.29) is 17.1 Å². The maximum Gasteiger partial charge on any atom is 0.245 e. The minimum absolute atomic E-state index is 0.144. The van der Waals surface area contributed by atoms with Crippen molar-refractivity contribution < 1.29 is 8.42 Å². The highest BCUT2D eigenvalue weighted by Gasteiger charge is 2.25. The van der Waals surface area contributed by atoms with Gasteiger partial charge in [-0.15, -0.1) is 0 Å². The maximum atomic E-state index is 12.7. The third-order valence-corrected chi connectivity index (χ3v) is 5.20. The number of hydrogen-bond acceptors (Lipinski definition) is 4. The van der Waals surface area contributed by atoms with Gasteiger partial charge in [-0.2, -0.15) is 4.31 Å². The predicted molar refractivity (Wildman–Crippen MR) is 83.1 cm³/mol. The average Bonchev–Trinajstić information content (AvgIpc) is 2.45. The van der Waals surface area contributed by atoms with Gasteiger partial charge in [0.15, 0.2) is 0 Å². The summed E-state index contributed by atoms with van der Waals surface area (Å²) in [5.74, 6) is 0. The van der Waals surface area contributed by atoms with Crippen molar-refractivity contribution >= 4 is 15.7 Å². The first-order chi connectivity index (χ1) is 9.95. The van der Waals surface area contributed by atoms with Crippen LogP contribution in [0.15, 0.2) is 47.5 Å². The summed E-state index contributed by atoms with van der Waals surface area (Å²) in [5, 5.41) is 0. The molecule has 1 aromatic heterocycles. The molecule has 112 valence electrons. The van der Waals surface area contributed by atoms with Gasteiger partial charge in [-0.05, 0) is 36.8 Å². The Morgan fingerprint density at radius 1 is 1.24 bits per heavy atom. The molecule has 0 aliphatic rings. The molecule has 0 fully saturated rings. The molecule has 2 rings (SSSR count). The molecule has 0 saturated carbocycles. The molecule has 0 unspecified atom stereocenters. The quantitative estimate of drug-likeness (QED) is 0.859. The first kappa shape index (κ1) is 15.5. The molecule has 1 aromatic carbocycles. The monoisotopic (exact) mass is 305 g/mol. The van der Waals surface area contributed by atoms with Crippen molar-refractivity contribution in [2.45, 2.75) is 25.3 Å². The summed E-state index contributed by atoms with van der Waals surface area (Å²) < 4.78 is 26.8. The second-order valence-electron chi connectivity index (χ2n) is 4.79. The molecule has 1 heterocycles. The van der Waals surface area contributed by atoms with Gasteiger partial charge in [0.2, 0.25) is 10.0 Å². The highest BCUT2D eigenvalue weighted by Crippen LogP contribution is 2.24. The standard InChI is InChI=1S/C15H19N3O2S/c1-3-18(11-13-6-4-5-9-17-13)21(19,20)15-8-7-12(2)10-14(15)16/h4-10H,3,11,16H2,1-2H3. The number of nitrogen functional groups attached to an aromatic ring is 1. The Hall–Kier alpha value is -1.92. The summed E-state index contributed by atoms with van der Waals surface area (Å²) in [6.45, 7) is 4.25. The summed E-state index contributed by atoms with van der Waals surface area (Å²) >= 11 is 0. The van der Waals surface area contributed by atoms with Gasteiger partial charge in [-0.1, -0.05) is 19.1 Å². The number of sulfonamides is 1. The van der Waals surface area contributed by atoms with E-state index in [0.29, 0.717) is 12.2 Å². The van der Waals surface area contributed by atoms with Crippen LogP contribution in [0.1, 0.15) is 18.2 Å². The second kappa shape index (κ2) is 6.24. The van der Waals surface area contributed by atoms with Crippen LogP contribution in [0.4, 0.5) is 5.69 Å². The number of rotatable bonds is 5. The second-order valence-corrected chi connectivity index (χ2v) is 6.70. The zero-order chi connectivity index (χ0) is 15.5. The van der Waals surface area contributed by atoms with Crippen molar-refractivity contribution in [1.82, 2.24) is 9.29 Å². The minimum atomic E-state index is -3.63. The van der Waals surface area contributed by atoms with Crippen LogP contribution in [0.2, 0.25) is 0 Å². The third-order valence-electron chi connectivity index (χ3n) is 3.20. The number of nitrogens with two attached hydrogens (primary N) is 1. The van der Waals surface area contributed by atoms with Crippen molar-refractivity contribution in [3.63, 3.8) is 0 Å². The minimum Gasteiger partial charge on any atom is -0.398 e. The maximum absolute atomic E-state index is 12.7. The fourth-order valence-corrected chi connectivity index (χ4v) is 3.60. The van der Waals surface area contributed by atoms with Crippen LogP contribution in [0.3, 0.4) is 0 Å². The molecule has 5 nitrogen and oxygen atoms in total. The van der Waals surface area contributed by atoms with Crippen LogP contribution < -0.4 is 5.73 Å². The smallest absolute Gasteiger partial charge is 0.245 e. The van der Waals surface area contributed by atoms with Crippen LogP contribution in [0, 0.1) is 6.92 Å². The van der Waals surface area contributed by atoms with Crippen molar-refractivity contribution in [3.8, 4) is 0 Å². The Bertz CT molecular complexity index is 715. The van der Waals surface area contributed by atoms with Gasteiger partial charge in [-0.25, -0.2) is 8.42 Å². The van der Waals surface area contributed by atoms with E-state index in [0.717, 1.165) is 5.56 Å². The molecule has 21 heavy (non-hydrogen) atoms. The third kappa shape index (κ3) is 3.40. The van der Waals surface area contributed by atoms with E-state index in [1.54, 1.807) is 43.5 Å². The zero-order valence-corrected chi connectivity index (χ0v) is 13.0. The van der Waals surface area contributed by atoms with Gasteiger partial charge >= 0.3 is 0 Å². The Morgan fingerprint density at radius 2 is 2.00 bits per heavy atom. The van der Waals surface area contributed by atoms with E-state index in [4.69, 9.17) is 5.73 Å². The Labute approximate surface area is 125 Å². The zero-order valence-electron chi connectivity index (χ0n) is 12.2. The molecule has 0 amide bonds. The van der Waals surface area contributed by atoms with Crippen LogP contribution in [0.5, 0.6) is 0 Å². The first-order valence-electron chi connectivity index (χ1n) is 6.71. The van der Waals surface area contributed by atoms with Crippen LogP contribution >= 0.6 is 0 Å². The normalized spacial score (nSPS) is 11.8. The van der Waals surface area contributed by atoms with Gasteiger partial charge < -0.3 is 5.73 Å². The molecule has 0 aliphatic heterocycles. The van der Waals surface area contributed by atoms with Gasteiger partial charge in [0.05, 0.1) is 17.9 Å². The SMILES string of the molecule is CCN(Cc1ccccn1)S(=O)(=O)c1ccc(C)cc1N. The average molecular weight is 305 g/mol. The van der Waals surface area contributed by atoms with Crippen molar-refractivity contribution in [3.05, 3.63) is 53.9 Å². The lowest BCUT2D eigenvalue weighted by molar-refractivity contribution is 0.419. The molecule has 2 aromatic rings.